The lowest BCUT2D eigenvalue weighted by atomic mass is 10.1. The fraction of sp³-hybridized carbons (Fsp3) is 0.250. The Balaban J connectivity index is 1.35. The molecule has 7 nitrogen and oxygen atoms in total. The first-order valence-electron chi connectivity index (χ1n) is 8.82. The van der Waals surface area contributed by atoms with Crippen LogP contribution < -0.4 is 16.2 Å². The minimum atomic E-state index is -0.430. The van der Waals surface area contributed by atoms with Crippen LogP contribution in [0, 0.1) is 13.8 Å². The van der Waals surface area contributed by atoms with Crippen LogP contribution in [0.2, 0.25) is 0 Å². The van der Waals surface area contributed by atoms with Gasteiger partial charge in [0.2, 0.25) is 0 Å². The second-order valence-electron chi connectivity index (χ2n) is 6.34. The summed E-state index contributed by atoms with van der Waals surface area (Å²) in [7, 11) is 0. The van der Waals surface area contributed by atoms with Crippen LogP contribution in [0.5, 0.6) is 0 Å². The van der Waals surface area contributed by atoms with Gasteiger partial charge in [0.15, 0.2) is 0 Å². The van der Waals surface area contributed by atoms with Crippen LogP contribution in [0.3, 0.4) is 0 Å². The molecule has 0 aliphatic carbocycles. The smallest absolute Gasteiger partial charge is 0.264 e. The van der Waals surface area contributed by atoms with Crippen LogP contribution in [-0.2, 0) is 20.9 Å². The molecule has 0 radical (unpaired) electrons. The average molecular weight is 398 g/mol. The largest absolute Gasteiger partial charge is 0.376 e. The molecule has 0 saturated carbocycles. The van der Waals surface area contributed by atoms with Crippen molar-refractivity contribution in [2.24, 2.45) is 0 Å². The van der Waals surface area contributed by atoms with E-state index in [1.165, 1.54) is 11.3 Å². The molecule has 0 saturated heterocycles. The second kappa shape index (κ2) is 9.29. The number of hydrazine groups is 1. The van der Waals surface area contributed by atoms with E-state index >= 15 is 0 Å². The Morgan fingerprint density at radius 2 is 1.86 bits per heavy atom. The van der Waals surface area contributed by atoms with Crippen molar-refractivity contribution in [1.29, 1.82) is 0 Å². The first-order chi connectivity index (χ1) is 13.5. The van der Waals surface area contributed by atoms with Gasteiger partial charge in [-0.3, -0.25) is 20.4 Å². The predicted octanol–water partition coefficient (Wildman–Crippen LogP) is 2.69. The summed E-state index contributed by atoms with van der Waals surface area (Å²) in [6.45, 7) is 4.11. The number of thiazole rings is 1. The Bertz CT molecular complexity index is 953. The number of anilines is 1. The van der Waals surface area contributed by atoms with Crippen molar-refractivity contribution in [1.82, 2.24) is 15.8 Å². The number of rotatable bonds is 7. The quantitative estimate of drug-likeness (QED) is 0.532. The molecule has 3 aromatic rings. The van der Waals surface area contributed by atoms with Gasteiger partial charge < -0.3 is 10.1 Å². The zero-order chi connectivity index (χ0) is 19.9. The Hall–Kier alpha value is -2.97. The van der Waals surface area contributed by atoms with Gasteiger partial charge in [0.05, 0.1) is 23.4 Å². The molecule has 28 heavy (non-hydrogen) atoms. The van der Waals surface area contributed by atoms with Crippen molar-refractivity contribution in [3.05, 3.63) is 58.6 Å². The summed E-state index contributed by atoms with van der Waals surface area (Å²) >= 11 is 1.53. The molecule has 146 valence electrons. The van der Waals surface area contributed by atoms with Crippen molar-refractivity contribution in [2.75, 3.05) is 18.5 Å². The van der Waals surface area contributed by atoms with Gasteiger partial charge in [-0.05, 0) is 37.6 Å². The summed E-state index contributed by atoms with van der Waals surface area (Å²) < 4.78 is 6.45. The van der Waals surface area contributed by atoms with Gasteiger partial charge in [-0.1, -0.05) is 29.8 Å². The van der Waals surface area contributed by atoms with Crippen LogP contribution >= 0.6 is 11.3 Å². The molecule has 2 amide bonds. The molecule has 0 spiro atoms. The average Bonchev–Trinajstić information content (AvgIpc) is 3.08. The second-order valence-corrected chi connectivity index (χ2v) is 7.45. The number of hydrogen-bond donors (Lipinski definition) is 3. The number of para-hydroxylation sites is 1. The van der Waals surface area contributed by atoms with Gasteiger partial charge in [-0.25, -0.2) is 4.98 Å². The monoisotopic (exact) mass is 398 g/mol. The number of carbonyl (C=O) groups is 2. The maximum Gasteiger partial charge on any atom is 0.264 e. The molecule has 0 aliphatic heterocycles. The number of nitrogens with one attached hydrogen (secondary N) is 3. The van der Waals surface area contributed by atoms with Gasteiger partial charge in [0.1, 0.15) is 11.6 Å². The maximum absolute atomic E-state index is 11.9. The lowest BCUT2D eigenvalue weighted by Gasteiger charge is -2.11. The van der Waals surface area contributed by atoms with E-state index in [-0.39, 0.29) is 25.7 Å². The number of amides is 2. The summed E-state index contributed by atoms with van der Waals surface area (Å²) in [6.07, 6.45) is 0. The molecule has 2 aromatic carbocycles. The van der Waals surface area contributed by atoms with Gasteiger partial charge in [-0.2, -0.15) is 0 Å². The number of carbonyl (C=O) groups excluding carboxylic acids is 2. The zero-order valence-electron chi connectivity index (χ0n) is 15.7. The van der Waals surface area contributed by atoms with Crippen molar-refractivity contribution in [3.63, 3.8) is 0 Å². The standard InChI is InChI=1S/C20H22N4O3S/c1-13-7-8-15(14(2)9-13)21-10-18(25)23-24-19(26)11-27-12-20-22-16-5-3-4-6-17(16)28-20/h3-9,21H,10-12H2,1-2H3,(H,23,25)(H,24,26). The van der Waals surface area contributed by atoms with Crippen LogP contribution in [0.15, 0.2) is 42.5 Å². The summed E-state index contributed by atoms with van der Waals surface area (Å²) in [5.41, 5.74) is 8.70. The SMILES string of the molecule is Cc1ccc(NCC(=O)NNC(=O)COCc2nc3ccccc3s2)c(C)c1. The lowest BCUT2D eigenvalue weighted by molar-refractivity contribution is -0.131. The fourth-order valence-corrected chi connectivity index (χ4v) is 3.52. The predicted molar refractivity (Wildman–Crippen MR) is 110 cm³/mol. The van der Waals surface area contributed by atoms with Crippen LogP contribution in [-0.4, -0.2) is 29.9 Å². The Kier molecular flexibility index (Phi) is 6.57. The third-order valence-corrected chi connectivity index (χ3v) is 4.97. The Morgan fingerprint density at radius 1 is 1.07 bits per heavy atom. The number of fused-ring (bicyclic) bond motifs is 1. The van der Waals surface area contributed by atoms with Gasteiger partial charge in [-0.15, -0.1) is 11.3 Å². The number of hydrogen-bond acceptors (Lipinski definition) is 6. The summed E-state index contributed by atoms with van der Waals surface area (Å²) in [6, 6.07) is 13.7. The van der Waals surface area contributed by atoms with Gasteiger partial charge in [0, 0.05) is 5.69 Å². The van der Waals surface area contributed by atoms with Crippen LogP contribution in [0.25, 0.3) is 10.2 Å². The number of ether oxygens (including phenoxy) is 1. The highest BCUT2D eigenvalue weighted by molar-refractivity contribution is 7.18. The van der Waals surface area contributed by atoms with Crippen molar-refractivity contribution >= 4 is 39.1 Å². The molecular formula is C20H22N4O3S. The minimum absolute atomic E-state index is 0.0523. The number of benzene rings is 2. The van der Waals surface area contributed by atoms with E-state index in [9.17, 15) is 9.59 Å². The first kappa shape index (κ1) is 19.8. The molecule has 1 heterocycles. The van der Waals surface area contributed by atoms with Crippen molar-refractivity contribution in [3.8, 4) is 0 Å². The summed E-state index contributed by atoms with van der Waals surface area (Å²) in [5.74, 6) is -0.777. The van der Waals surface area contributed by atoms with Crippen molar-refractivity contribution in [2.45, 2.75) is 20.5 Å². The van der Waals surface area contributed by atoms with Gasteiger partial charge >= 0.3 is 0 Å². The maximum atomic E-state index is 11.9. The number of aryl methyl sites for hydroxylation is 2. The highest BCUT2D eigenvalue weighted by Gasteiger charge is 2.08. The Morgan fingerprint density at radius 3 is 2.64 bits per heavy atom. The van der Waals surface area contributed by atoms with E-state index in [2.05, 4.69) is 21.2 Å². The topological polar surface area (TPSA) is 92.4 Å². The van der Waals surface area contributed by atoms with E-state index in [4.69, 9.17) is 4.74 Å². The van der Waals surface area contributed by atoms with E-state index < -0.39 is 5.91 Å². The molecule has 3 N–H and O–H groups in total. The highest BCUT2D eigenvalue weighted by Crippen LogP contribution is 2.21. The number of aromatic nitrogens is 1. The molecule has 0 atom stereocenters. The highest BCUT2D eigenvalue weighted by atomic mass is 32.1. The third-order valence-electron chi connectivity index (χ3n) is 3.96. The first-order valence-corrected chi connectivity index (χ1v) is 9.64. The van der Waals surface area contributed by atoms with Crippen molar-refractivity contribution < 1.29 is 14.3 Å². The van der Waals surface area contributed by atoms with Crippen LogP contribution in [0.4, 0.5) is 5.69 Å². The summed E-state index contributed by atoms with van der Waals surface area (Å²) in [5, 5.41) is 3.84. The molecule has 8 heteroatoms. The van der Waals surface area contributed by atoms with E-state index in [0.717, 1.165) is 32.0 Å². The molecule has 0 unspecified atom stereocenters. The zero-order valence-corrected chi connectivity index (χ0v) is 16.6. The number of nitrogens with zero attached hydrogens (tertiary/aromatic N) is 1. The normalized spacial score (nSPS) is 10.6. The molecule has 1 aromatic heterocycles. The molecule has 0 bridgehead atoms. The minimum Gasteiger partial charge on any atom is -0.376 e. The molecule has 3 rings (SSSR count). The lowest BCUT2D eigenvalue weighted by Crippen LogP contribution is -2.45. The van der Waals surface area contributed by atoms with E-state index in [1.807, 2.05) is 56.3 Å². The van der Waals surface area contributed by atoms with Crippen LogP contribution in [0.1, 0.15) is 16.1 Å². The third kappa shape index (κ3) is 5.51. The fourth-order valence-electron chi connectivity index (χ4n) is 2.62. The van der Waals surface area contributed by atoms with Gasteiger partial charge in [0.25, 0.3) is 11.8 Å². The van der Waals surface area contributed by atoms with E-state index in [1.54, 1.807) is 0 Å². The molecular weight excluding hydrogens is 376 g/mol. The molecule has 0 aliphatic rings. The Labute approximate surface area is 167 Å². The summed E-state index contributed by atoms with van der Waals surface area (Å²) in [4.78, 5) is 28.1. The van der Waals surface area contributed by atoms with E-state index in [0.29, 0.717) is 0 Å². The molecule has 0 fully saturated rings.